The maximum Gasteiger partial charge on any atom is 0.220 e. The molecule has 5 heteroatoms. The lowest BCUT2D eigenvalue weighted by Gasteiger charge is -2.14. The van der Waals surface area contributed by atoms with E-state index in [4.69, 9.17) is 20.9 Å². The summed E-state index contributed by atoms with van der Waals surface area (Å²) < 4.78 is 11.0. The van der Waals surface area contributed by atoms with Crippen LogP contribution in [0.1, 0.15) is 18.9 Å². The Morgan fingerprint density at radius 1 is 1.35 bits per heavy atom. The van der Waals surface area contributed by atoms with Crippen molar-refractivity contribution in [3.8, 4) is 11.5 Å². The monoisotopic (exact) mass is 238 g/mol. The number of nitrogens with two attached hydrogens (primary N) is 2. The highest BCUT2D eigenvalue weighted by molar-refractivity contribution is 5.73. The van der Waals surface area contributed by atoms with E-state index in [2.05, 4.69) is 0 Å². The highest BCUT2D eigenvalue weighted by Gasteiger charge is 2.10. The summed E-state index contributed by atoms with van der Waals surface area (Å²) in [5.41, 5.74) is 11.5. The Morgan fingerprint density at radius 3 is 2.71 bits per heavy atom. The molecular weight excluding hydrogens is 220 g/mol. The van der Waals surface area contributed by atoms with Crippen molar-refractivity contribution in [1.82, 2.24) is 0 Å². The van der Waals surface area contributed by atoms with Gasteiger partial charge in [-0.25, -0.2) is 0 Å². The molecule has 0 unspecified atom stereocenters. The molecule has 0 aliphatic heterocycles. The zero-order chi connectivity index (χ0) is 12.7. The lowest BCUT2D eigenvalue weighted by Crippen LogP contribution is -2.15. The fourth-order valence-electron chi connectivity index (χ4n) is 1.41. The molecule has 17 heavy (non-hydrogen) atoms. The third-order valence-corrected chi connectivity index (χ3v) is 2.18. The summed E-state index contributed by atoms with van der Waals surface area (Å²) in [5.74, 6) is 0.839. The third-order valence-electron chi connectivity index (χ3n) is 2.18. The van der Waals surface area contributed by atoms with Gasteiger partial charge in [0.2, 0.25) is 5.91 Å². The first-order valence-electron chi connectivity index (χ1n) is 5.54. The number of primary amides is 1. The molecule has 0 saturated heterocycles. The van der Waals surface area contributed by atoms with E-state index >= 15 is 0 Å². The van der Waals surface area contributed by atoms with E-state index in [0.717, 1.165) is 5.56 Å². The molecule has 4 N–H and O–H groups in total. The summed E-state index contributed by atoms with van der Waals surface area (Å²) in [6.45, 7) is 3.02. The van der Waals surface area contributed by atoms with Crippen molar-refractivity contribution in [2.45, 2.75) is 19.9 Å². The number of carbonyl (C=O) groups is 1. The fraction of sp³-hybridized carbons (Fsp3) is 0.417. The van der Waals surface area contributed by atoms with Crippen molar-refractivity contribution in [3.63, 3.8) is 0 Å². The van der Waals surface area contributed by atoms with Gasteiger partial charge in [-0.15, -0.1) is 0 Å². The van der Waals surface area contributed by atoms with Gasteiger partial charge in [-0.1, -0.05) is 12.1 Å². The molecule has 0 saturated carbocycles. The van der Waals surface area contributed by atoms with Crippen LogP contribution >= 0.6 is 0 Å². The summed E-state index contributed by atoms with van der Waals surface area (Å²) >= 11 is 0. The predicted molar refractivity (Wildman–Crippen MR) is 64.8 cm³/mol. The van der Waals surface area contributed by atoms with Gasteiger partial charge in [-0.3, -0.25) is 4.79 Å². The minimum absolute atomic E-state index is 0.171. The number of ether oxygens (including phenoxy) is 2. The summed E-state index contributed by atoms with van der Waals surface area (Å²) in [5, 5.41) is 0. The standard InChI is InChI=1S/C12H18N2O3/c1-2-16-10-5-3-4-9(8-13)12(10)17-7-6-11(14)15/h3-5H,2,6-8,13H2,1H3,(H2,14,15). The lowest BCUT2D eigenvalue weighted by atomic mass is 10.2. The Balaban J connectivity index is 2.80. The van der Waals surface area contributed by atoms with E-state index in [1.807, 2.05) is 25.1 Å². The topological polar surface area (TPSA) is 87.6 Å². The quantitative estimate of drug-likeness (QED) is 0.735. The number of benzene rings is 1. The molecule has 0 aliphatic carbocycles. The molecule has 0 fully saturated rings. The second-order valence-electron chi connectivity index (χ2n) is 3.45. The molecule has 5 nitrogen and oxygen atoms in total. The van der Waals surface area contributed by atoms with Crippen molar-refractivity contribution in [2.75, 3.05) is 13.2 Å². The van der Waals surface area contributed by atoms with Gasteiger partial charge >= 0.3 is 0 Å². The molecule has 0 atom stereocenters. The number of amides is 1. The molecule has 1 amide bonds. The smallest absolute Gasteiger partial charge is 0.220 e. The average Bonchev–Trinajstić information content (AvgIpc) is 2.30. The van der Waals surface area contributed by atoms with Crippen molar-refractivity contribution in [2.24, 2.45) is 11.5 Å². The number of para-hydroxylation sites is 1. The average molecular weight is 238 g/mol. The van der Waals surface area contributed by atoms with Gasteiger partial charge in [0, 0.05) is 12.1 Å². The number of rotatable bonds is 7. The minimum atomic E-state index is -0.395. The van der Waals surface area contributed by atoms with Gasteiger partial charge in [-0.05, 0) is 13.0 Å². The van der Waals surface area contributed by atoms with Crippen LogP contribution in [0.15, 0.2) is 18.2 Å². The lowest BCUT2D eigenvalue weighted by molar-refractivity contribution is -0.118. The summed E-state index contributed by atoms with van der Waals surface area (Å²) in [4.78, 5) is 10.6. The number of hydrogen-bond acceptors (Lipinski definition) is 4. The molecule has 1 aromatic carbocycles. The van der Waals surface area contributed by atoms with Gasteiger partial charge in [0.15, 0.2) is 11.5 Å². The maximum absolute atomic E-state index is 10.6. The molecule has 0 radical (unpaired) electrons. The van der Waals surface area contributed by atoms with Gasteiger partial charge < -0.3 is 20.9 Å². The Morgan fingerprint density at radius 2 is 2.12 bits per heavy atom. The Labute approximate surface area is 101 Å². The first kappa shape index (κ1) is 13.3. The molecular formula is C12H18N2O3. The van der Waals surface area contributed by atoms with Crippen LogP contribution in [0.3, 0.4) is 0 Å². The summed E-state index contributed by atoms with van der Waals surface area (Å²) in [6, 6.07) is 5.53. The first-order valence-corrected chi connectivity index (χ1v) is 5.54. The Bertz CT molecular complexity index is 380. The van der Waals surface area contributed by atoms with Crippen LogP contribution in [0.4, 0.5) is 0 Å². The predicted octanol–water partition coefficient (Wildman–Crippen LogP) is 0.798. The normalized spacial score (nSPS) is 10.0. The van der Waals surface area contributed by atoms with Gasteiger partial charge in [0.05, 0.1) is 19.6 Å². The van der Waals surface area contributed by atoms with Crippen LogP contribution in [0.5, 0.6) is 11.5 Å². The van der Waals surface area contributed by atoms with Gasteiger partial charge in [-0.2, -0.15) is 0 Å². The van der Waals surface area contributed by atoms with Crippen LogP contribution < -0.4 is 20.9 Å². The van der Waals surface area contributed by atoms with E-state index < -0.39 is 5.91 Å². The largest absolute Gasteiger partial charge is 0.490 e. The fourth-order valence-corrected chi connectivity index (χ4v) is 1.41. The van der Waals surface area contributed by atoms with Crippen LogP contribution in [-0.2, 0) is 11.3 Å². The summed E-state index contributed by atoms with van der Waals surface area (Å²) in [7, 11) is 0. The molecule has 0 heterocycles. The van der Waals surface area contributed by atoms with E-state index in [1.54, 1.807) is 0 Å². The van der Waals surface area contributed by atoms with E-state index in [1.165, 1.54) is 0 Å². The Kier molecular flexibility index (Phi) is 5.29. The van der Waals surface area contributed by atoms with Crippen LogP contribution in [0, 0.1) is 0 Å². The van der Waals surface area contributed by atoms with Gasteiger partial charge in [0.25, 0.3) is 0 Å². The number of hydrogen-bond donors (Lipinski definition) is 2. The van der Waals surface area contributed by atoms with Crippen molar-refractivity contribution in [3.05, 3.63) is 23.8 Å². The molecule has 94 valence electrons. The van der Waals surface area contributed by atoms with E-state index in [-0.39, 0.29) is 13.0 Å². The molecule has 0 spiro atoms. The maximum atomic E-state index is 10.6. The summed E-state index contributed by atoms with van der Waals surface area (Å²) in [6.07, 6.45) is 0.171. The molecule has 0 aliphatic rings. The highest BCUT2D eigenvalue weighted by Crippen LogP contribution is 2.31. The SMILES string of the molecule is CCOc1cccc(CN)c1OCCC(N)=O. The van der Waals surface area contributed by atoms with Crippen molar-refractivity contribution >= 4 is 5.91 Å². The van der Waals surface area contributed by atoms with Crippen LogP contribution in [-0.4, -0.2) is 19.1 Å². The Hall–Kier alpha value is -1.75. The minimum Gasteiger partial charge on any atom is -0.490 e. The molecule has 1 aromatic rings. The second kappa shape index (κ2) is 6.75. The van der Waals surface area contributed by atoms with Crippen LogP contribution in [0.2, 0.25) is 0 Å². The third kappa shape index (κ3) is 3.96. The van der Waals surface area contributed by atoms with Crippen LogP contribution in [0.25, 0.3) is 0 Å². The molecule has 0 bridgehead atoms. The number of carbonyl (C=O) groups excluding carboxylic acids is 1. The highest BCUT2D eigenvalue weighted by atomic mass is 16.5. The van der Waals surface area contributed by atoms with Crippen molar-refractivity contribution < 1.29 is 14.3 Å². The van der Waals surface area contributed by atoms with Crippen molar-refractivity contribution in [1.29, 1.82) is 0 Å². The van der Waals surface area contributed by atoms with E-state index in [0.29, 0.717) is 24.7 Å². The zero-order valence-corrected chi connectivity index (χ0v) is 9.94. The molecule has 0 aromatic heterocycles. The molecule has 1 rings (SSSR count). The second-order valence-corrected chi connectivity index (χ2v) is 3.45. The first-order chi connectivity index (χ1) is 8.19. The van der Waals surface area contributed by atoms with E-state index in [9.17, 15) is 4.79 Å². The zero-order valence-electron chi connectivity index (χ0n) is 9.94. The van der Waals surface area contributed by atoms with Gasteiger partial charge in [0.1, 0.15) is 0 Å².